The summed E-state index contributed by atoms with van der Waals surface area (Å²) in [5.74, 6) is 0. The van der Waals surface area contributed by atoms with Gasteiger partial charge in [-0.15, -0.1) is 13.2 Å². The fourth-order valence-electron chi connectivity index (χ4n) is 2.99. The Bertz CT molecular complexity index is 774. The molecule has 102 valence electrons. The van der Waals surface area contributed by atoms with Crippen LogP contribution in [0.1, 0.15) is 0 Å². The molecule has 0 fully saturated rings. The number of hydrogen-bond acceptors (Lipinski definition) is 0. The van der Waals surface area contributed by atoms with Crippen molar-refractivity contribution in [2.75, 3.05) is 0 Å². The molecule has 0 heterocycles. The van der Waals surface area contributed by atoms with Crippen molar-refractivity contribution in [3.05, 3.63) is 97.4 Å². The highest BCUT2D eigenvalue weighted by Crippen LogP contribution is 2.17. The van der Waals surface area contributed by atoms with E-state index in [1.54, 1.807) is 0 Å². The fraction of sp³-hybridized carbons (Fsp3) is 0. The average Bonchev–Trinajstić information content (AvgIpc) is 2.58. The fourth-order valence-corrected chi connectivity index (χ4v) is 6.17. The summed E-state index contributed by atoms with van der Waals surface area (Å²) in [5.41, 5.74) is 4.24. The van der Waals surface area contributed by atoms with E-state index in [1.807, 2.05) is 0 Å². The molecule has 0 aliphatic rings. The van der Waals surface area contributed by atoms with Crippen LogP contribution >= 0.6 is 0 Å². The monoisotopic (exact) mass is 286 g/mol. The maximum Gasteiger partial charge on any atom is 0.164 e. The molecule has 0 aliphatic heterocycles. The van der Waals surface area contributed by atoms with E-state index in [0.29, 0.717) is 0 Å². The second-order valence-electron chi connectivity index (χ2n) is 5.17. The van der Waals surface area contributed by atoms with Gasteiger partial charge in [-0.05, 0) is 21.1 Å². The zero-order valence-corrected chi connectivity index (χ0v) is 13.0. The van der Waals surface area contributed by atoms with Gasteiger partial charge in [0.2, 0.25) is 0 Å². The van der Waals surface area contributed by atoms with Gasteiger partial charge < -0.3 is 0 Å². The highest BCUT2D eigenvalue weighted by atomic mass is 28.3. The summed E-state index contributed by atoms with van der Waals surface area (Å²) >= 11 is 0. The third-order valence-electron chi connectivity index (χ3n) is 4.13. The lowest BCUT2D eigenvalue weighted by atomic mass is 10.1. The minimum atomic E-state index is -2.13. The average molecular weight is 286 g/mol. The third-order valence-corrected chi connectivity index (χ3v) is 8.03. The molecule has 3 aromatic carbocycles. The highest BCUT2D eigenvalue weighted by Gasteiger charge is 2.31. The van der Waals surface area contributed by atoms with Gasteiger partial charge in [-0.1, -0.05) is 84.2 Å². The summed E-state index contributed by atoms with van der Waals surface area (Å²) in [5, 5.41) is 5.25. The molecule has 0 N–H and O–H groups in total. The number of hydrogen-bond donors (Lipinski definition) is 0. The maximum absolute atomic E-state index is 4.15. The quantitative estimate of drug-likeness (QED) is 0.639. The molecule has 0 aliphatic carbocycles. The Morgan fingerprint density at radius 1 is 0.667 bits per heavy atom. The van der Waals surface area contributed by atoms with Crippen molar-refractivity contribution >= 4 is 29.2 Å². The summed E-state index contributed by atoms with van der Waals surface area (Å²) < 4.78 is 0. The molecule has 21 heavy (non-hydrogen) atoms. The van der Waals surface area contributed by atoms with Crippen molar-refractivity contribution in [2.45, 2.75) is 0 Å². The Balaban J connectivity index is 2.36. The molecule has 0 saturated heterocycles. The topological polar surface area (TPSA) is 0 Å². The van der Waals surface area contributed by atoms with E-state index in [2.05, 4.69) is 97.4 Å². The first-order valence-electron chi connectivity index (χ1n) is 7.13. The summed E-state index contributed by atoms with van der Waals surface area (Å²) in [6, 6.07) is 25.7. The zero-order valence-electron chi connectivity index (χ0n) is 12.0. The van der Waals surface area contributed by atoms with E-state index in [4.69, 9.17) is 0 Å². The number of rotatable bonds is 4. The smallest absolute Gasteiger partial charge is 0.106 e. The van der Waals surface area contributed by atoms with Gasteiger partial charge >= 0.3 is 0 Å². The molecule has 0 amide bonds. The van der Waals surface area contributed by atoms with Gasteiger partial charge in [-0.2, -0.15) is 0 Å². The predicted octanol–water partition coefficient (Wildman–Crippen LogP) is 3.85. The SMILES string of the molecule is C=C[Si](C=C)(c1ccccc1)c1cccc2ccccc12. The van der Waals surface area contributed by atoms with Gasteiger partial charge in [-0.3, -0.25) is 0 Å². The molecule has 0 unspecified atom stereocenters. The molecular weight excluding hydrogens is 268 g/mol. The Morgan fingerprint density at radius 3 is 2.00 bits per heavy atom. The Morgan fingerprint density at radius 2 is 1.29 bits per heavy atom. The molecule has 0 bridgehead atoms. The van der Waals surface area contributed by atoms with E-state index in [1.165, 1.54) is 21.1 Å². The Labute approximate surface area is 127 Å². The van der Waals surface area contributed by atoms with Crippen molar-refractivity contribution < 1.29 is 0 Å². The van der Waals surface area contributed by atoms with Crippen molar-refractivity contribution in [3.8, 4) is 0 Å². The van der Waals surface area contributed by atoms with Gasteiger partial charge in [0.15, 0.2) is 8.07 Å². The molecule has 0 radical (unpaired) electrons. The van der Waals surface area contributed by atoms with Crippen molar-refractivity contribution in [1.29, 1.82) is 0 Å². The van der Waals surface area contributed by atoms with Gasteiger partial charge in [0, 0.05) is 0 Å². The molecule has 0 spiro atoms. The van der Waals surface area contributed by atoms with Crippen LogP contribution in [0.5, 0.6) is 0 Å². The number of benzene rings is 3. The van der Waals surface area contributed by atoms with Crippen LogP contribution in [-0.2, 0) is 0 Å². The molecule has 0 saturated carbocycles. The van der Waals surface area contributed by atoms with E-state index in [9.17, 15) is 0 Å². The van der Waals surface area contributed by atoms with Gasteiger partial charge in [-0.25, -0.2) is 0 Å². The van der Waals surface area contributed by atoms with Gasteiger partial charge in [0.05, 0.1) is 0 Å². The summed E-state index contributed by atoms with van der Waals surface area (Å²) in [6.45, 7) is 8.31. The van der Waals surface area contributed by atoms with E-state index < -0.39 is 8.07 Å². The lowest BCUT2D eigenvalue weighted by Gasteiger charge is -2.27. The first-order valence-corrected chi connectivity index (χ1v) is 9.28. The normalized spacial score (nSPS) is 11.2. The van der Waals surface area contributed by atoms with Crippen LogP contribution in [0.4, 0.5) is 0 Å². The van der Waals surface area contributed by atoms with Crippen LogP contribution in [0, 0.1) is 0 Å². The largest absolute Gasteiger partial charge is 0.164 e. The van der Waals surface area contributed by atoms with E-state index >= 15 is 0 Å². The lowest BCUT2D eigenvalue weighted by Crippen LogP contribution is -2.55. The van der Waals surface area contributed by atoms with Crippen LogP contribution in [0.15, 0.2) is 97.4 Å². The lowest BCUT2D eigenvalue weighted by molar-refractivity contribution is 1.73. The Kier molecular flexibility index (Phi) is 3.59. The van der Waals surface area contributed by atoms with Crippen LogP contribution < -0.4 is 10.4 Å². The zero-order chi connectivity index (χ0) is 14.7. The molecule has 3 aromatic rings. The van der Waals surface area contributed by atoms with Crippen molar-refractivity contribution in [1.82, 2.24) is 0 Å². The molecular formula is C20H18Si. The summed E-state index contributed by atoms with van der Waals surface area (Å²) in [4.78, 5) is 0. The van der Waals surface area contributed by atoms with Crippen molar-refractivity contribution in [2.24, 2.45) is 0 Å². The summed E-state index contributed by atoms with van der Waals surface area (Å²) in [6.07, 6.45) is 0. The first kappa shape index (κ1) is 13.6. The minimum Gasteiger partial charge on any atom is -0.106 e. The molecule has 0 aromatic heterocycles. The van der Waals surface area contributed by atoms with Crippen LogP contribution in [-0.4, -0.2) is 8.07 Å². The second-order valence-corrected chi connectivity index (χ2v) is 8.84. The van der Waals surface area contributed by atoms with Crippen LogP contribution in [0.25, 0.3) is 10.8 Å². The van der Waals surface area contributed by atoms with Crippen LogP contribution in [0.3, 0.4) is 0 Å². The predicted molar refractivity (Wildman–Crippen MR) is 95.8 cm³/mol. The van der Waals surface area contributed by atoms with Gasteiger partial charge in [0.1, 0.15) is 0 Å². The number of fused-ring (bicyclic) bond motifs is 1. The van der Waals surface area contributed by atoms with E-state index in [0.717, 1.165) is 0 Å². The van der Waals surface area contributed by atoms with Crippen molar-refractivity contribution in [3.63, 3.8) is 0 Å². The third kappa shape index (κ3) is 2.16. The molecule has 0 atom stereocenters. The second kappa shape index (κ2) is 5.55. The minimum absolute atomic E-state index is 1.27. The Hall–Kier alpha value is -2.38. The maximum atomic E-state index is 4.15. The molecule has 1 heteroatoms. The molecule has 3 rings (SSSR count). The standard InChI is InChI=1S/C20H18Si/c1-3-21(4-2,18-13-6-5-7-14-18)20-16-10-12-17-11-8-9-15-19(17)20/h3-16H,1-2H2. The highest BCUT2D eigenvalue weighted by molar-refractivity contribution is 7.10. The molecule has 0 nitrogen and oxygen atoms in total. The van der Waals surface area contributed by atoms with E-state index in [-0.39, 0.29) is 0 Å². The van der Waals surface area contributed by atoms with Gasteiger partial charge in [0.25, 0.3) is 0 Å². The summed E-state index contributed by atoms with van der Waals surface area (Å²) in [7, 11) is -2.13. The first-order chi connectivity index (χ1) is 10.3. The van der Waals surface area contributed by atoms with Crippen LogP contribution in [0.2, 0.25) is 0 Å².